The number of nitrogens with one attached hydrogen (secondary N) is 1. The van der Waals surface area contributed by atoms with Crippen molar-refractivity contribution in [3.05, 3.63) is 46.3 Å². The molecule has 0 fully saturated rings. The van der Waals surface area contributed by atoms with Crippen LogP contribution in [0.2, 0.25) is 0 Å². The van der Waals surface area contributed by atoms with Crippen molar-refractivity contribution in [1.29, 1.82) is 0 Å². The number of aromatic hydroxyl groups is 3. The largest absolute Gasteiger partial charge is 0.507 e. The smallest absolute Gasteiger partial charge is 0.143 e. The highest BCUT2D eigenvalue weighted by molar-refractivity contribution is 5.84. The monoisotopic (exact) mass is 357 g/mol. The van der Waals surface area contributed by atoms with Crippen LogP contribution in [-0.2, 0) is 11.3 Å². The molecular weight excluding hydrogens is 334 g/mol. The number of rotatable bonds is 6. The fourth-order valence-corrected chi connectivity index (χ4v) is 3.00. The van der Waals surface area contributed by atoms with E-state index in [-0.39, 0.29) is 17.2 Å². The number of aliphatic imine (C=N–C) groups is 1. The van der Waals surface area contributed by atoms with Gasteiger partial charge in [-0.25, -0.2) is 0 Å². The van der Waals surface area contributed by atoms with Crippen molar-refractivity contribution in [3.8, 4) is 17.2 Å². The van der Waals surface area contributed by atoms with Gasteiger partial charge in [0.15, 0.2) is 0 Å². The van der Waals surface area contributed by atoms with E-state index in [0.29, 0.717) is 35.5 Å². The molecule has 2 aromatic rings. The van der Waals surface area contributed by atoms with Gasteiger partial charge in [-0.05, 0) is 33.0 Å². The van der Waals surface area contributed by atoms with Crippen LogP contribution in [0, 0.1) is 6.92 Å². The molecule has 1 atom stereocenters. The Hall–Kier alpha value is -2.64. The number of aromatic nitrogens is 1. The van der Waals surface area contributed by atoms with Gasteiger partial charge in [-0.1, -0.05) is 0 Å². The average molecular weight is 357 g/mol. The predicted molar refractivity (Wildman–Crippen MR) is 98.0 cm³/mol. The quantitative estimate of drug-likeness (QED) is 0.466. The molecule has 138 valence electrons. The van der Waals surface area contributed by atoms with E-state index in [9.17, 15) is 15.3 Å². The maximum Gasteiger partial charge on any atom is 0.143 e. The van der Waals surface area contributed by atoms with Gasteiger partial charge in [0.25, 0.3) is 0 Å². The Balaban J connectivity index is 1.93. The molecule has 1 aromatic heterocycles. The summed E-state index contributed by atoms with van der Waals surface area (Å²) < 4.78 is 5.78. The zero-order chi connectivity index (χ0) is 18.7. The number of fused-ring (bicyclic) bond motifs is 1. The molecule has 0 saturated heterocycles. The number of pyridine rings is 1. The Morgan fingerprint density at radius 3 is 2.88 bits per heavy atom. The summed E-state index contributed by atoms with van der Waals surface area (Å²) in [4.78, 5) is 8.45. The van der Waals surface area contributed by atoms with E-state index in [1.165, 1.54) is 6.07 Å². The molecule has 26 heavy (non-hydrogen) atoms. The molecule has 0 spiro atoms. The molecule has 1 aliphatic heterocycles. The number of hydrogen-bond donors (Lipinski definition) is 4. The van der Waals surface area contributed by atoms with Gasteiger partial charge < -0.3 is 25.4 Å². The molecular formula is C19H23N3O4. The van der Waals surface area contributed by atoms with Gasteiger partial charge in [0, 0.05) is 47.3 Å². The molecule has 1 aromatic carbocycles. The molecule has 7 heteroatoms. The first-order valence-electron chi connectivity index (χ1n) is 8.52. The van der Waals surface area contributed by atoms with E-state index < -0.39 is 6.10 Å². The van der Waals surface area contributed by atoms with Crippen LogP contribution in [0.1, 0.15) is 40.5 Å². The normalized spacial score (nSPS) is 16.3. The topological polar surface area (TPSA) is 107 Å². The van der Waals surface area contributed by atoms with E-state index in [0.717, 1.165) is 18.5 Å². The molecule has 4 N–H and O–H groups in total. The van der Waals surface area contributed by atoms with Crippen LogP contribution in [0.15, 0.2) is 23.3 Å². The first kappa shape index (κ1) is 18.2. The fraction of sp³-hybridized carbons (Fsp3) is 0.368. The van der Waals surface area contributed by atoms with E-state index in [1.807, 2.05) is 7.05 Å². The number of aryl methyl sites for hydroxylation is 1. The van der Waals surface area contributed by atoms with Gasteiger partial charge in [-0.2, -0.15) is 0 Å². The standard InChI is InChI=1S/C19H23N3O4/c1-11-18(25)17-13(9-22-11)10-26-19(17)14-6-12(15(23)7-16(14)24)8-21-5-3-4-20-2/h6-9,19-20,23-25H,3-5,10H2,1-2H3. The van der Waals surface area contributed by atoms with Crippen LogP contribution in [0.4, 0.5) is 0 Å². The second kappa shape index (κ2) is 7.72. The average Bonchev–Trinajstić information content (AvgIpc) is 3.04. The lowest BCUT2D eigenvalue weighted by atomic mass is 9.96. The van der Waals surface area contributed by atoms with Crippen molar-refractivity contribution >= 4 is 6.21 Å². The third-order valence-corrected chi connectivity index (χ3v) is 4.43. The second-order valence-electron chi connectivity index (χ2n) is 6.28. The summed E-state index contributed by atoms with van der Waals surface area (Å²) in [5.41, 5.74) is 2.86. The predicted octanol–water partition coefficient (Wildman–Crippen LogP) is 2.15. The number of benzene rings is 1. The Labute approximate surface area is 152 Å². The molecule has 0 aliphatic carbocycles. The Kier molecular flexibility index (Phi) is 5.39. The summed E-state index contributed by atoms with van der Waals surface area (Å²) in [6, 6.07) is 2.91. The first-order chi connectivity index (χ1) is 12.5. The van der Waals surface area contributed by atoms with Crippen molar-refractivity contribution in [3.63, 3.8) is 0 Å². The fourth-order valence-electron chi connectivity index (χ4n) is 3.00. The molecule has 1 aliphatic rings. The highest BCUT2D eigenvalue weighted by atomic mass is 16.5. The summed E-state index contributed by atoms with van der Waals surface area (Å²) in [7, 11) is 1.88. The Morgan fingerprint density at radius 2 is 2.12 bits per heavy atom. The molecule has 1 unspecified atom stereocenters. The van der Waals surface area contributed by atoms with E-state index in [2.05, 4.69) is 15.3 Å². The Morgan fingerprint density at radius 1 is 1.31 bits per heavy atom. The molecule has 0 saturated carbocycles. The minimum atomic E-state index is -0.622. The number of hydrogen-bond acceptors (Lipinski definition) is 7. The summed E-state index contributed by atoms with van der Waals surface area (Å²) in [5, 5.41) is 33.8. The summed E-state index contributed by atoms with van der Waals surface area (Å²) in [6.45, 7) is 3.51. The van der Waals surface area contributed by atoms with Crippen molar-refractivity contribution in [1.82, 2.24) is 10.3 Å². The zero-order valence-electron chi connectivity index (χ0n) is 14.9. The molecule has 2 heterocycles. The third-order valence-electron chi connectivity index (χ3n) is 4.43. The number of nitrogens with zero attached hydrogens (tertiary/aromatic N) is 2. The molecule has 0 amide bonds. The number of phenols is 2. The highest BCUT2D eigenvalue weighted by Gasteiger charge is 2.31. The minimum absolute atomic E-state index is 0.0584. The zero-order valence-corrected chi connectivity index (χ0v) is 14.9. The highest BCUT2D eigenvalue weighted by Crippen LogP contribution is 2.45. The van der Waals surface area contributed by atoms with Crippen LogP contribution in [-0.4, -0.2) is 46.7 Å². The van der Waals surface area contributed by atoms with Gasteiger partial charge in [0.05, 0.1) is 12.3 Å². The van der Waals surface area contributed by atoms with Crippen LogP contribution < -0.4 is 5.32 Å². The van der Waals surface area contributed by atoms with Gasteiger partial charge in [-0.15, -0.1) is 0 Å². The van der Waals surface area contributed by atoms with Gasteiger partial charge >= 0.3 is 0 Å². The van der Waals surface area contributed by atoms with E-state index in [4.69, 9.17) is 4.74 Å². The SMILES string of the molecule is CNCCCN=Cc1cc(C2OCc3cnc(C)c(O)c32)c(O)cc1O. The number of ether oxygens (including phenoxy) is 1. The third kappa shape index (κ3) is 3.49. The van der Waals surface area contributed by atoms with Crippen molar-refractivity contribution in [2.24, 2.45) is 4.99 Å². The summed E-state index contributed by atoms with van der Waals surface area (Å²) in [6.07, 6.45) is 3.52. The maximum absolute atomic E-state index is 10.4. The summed E-state index contributed by atoms with van der Waals surface area (Å²) in [5.74, 6) is -0.0849. The van der Waals surface area contributed by atoms with Gasteiger partial charge in [0.2, 0.25) is 0 Å². The van der Waals surface area contributed by atoms with Crippen LogP contribution in [0.5, 0.6) is 17.2 Å². The van der Waals surface area contributed by atoms with Crippen molar-refractivity contribution in [2.75, 3.05) is 20.1 Å². The van der Waals surface area contributed by atoms with Gasteiger partial charge in [-0.3, -0.25) is 9.98 Å². The first-order valence-corrected chi connectivity index (χ1v) is 8.52. The summed E-state index contributed by atoms with van der Waals surface area (Å²) >= 11 is 0. The minimum Gasteiger partial charge on any atom is -0.507 e. The van der Waals surface area contributed by atoms with Gasteiger partial charge in [0.1, 0.15) is 23.4 Å². The van der Waals surface area contributed by atoms with E-state index in [1.54, 1.807) is 25.4 Å². The van der Waals surface area contributed by atoms with Crippen molar-refractivity contribution < 1.29 is 20.1 Å². The van der Waals surface area contributed by atoms with Crippen molar-refractivity contribution in [2.45, 2.75) is 26.1 Å². The maximum atomic E-state index is 10.4. The molecule has 0 bridgehead atoms. The Bertz CT molecular complexity index is 836. The second-order valence-corrected chi connectivity index (χ2v) is 6.28. The van der Waals surface area contributed by atoms with Crippen LogP contribution in [0.3, 0.4) is 0 Å². The lowest BCUT2D eigenvalue weighted by molar-refractivity contribution is 0.0910. The lowest BCUT2D eigenvalue weighted by Crippen LogP contribution is -2.08. The molecule has 0 radical (unpaired) electrons. The number of phenolic OH excluding ortho intramolecular Hbond substituents is 2. The van der Waals surface area contributed by atoms with Crippen LogP contribution >= 0.6 is 0 Å². The lowest BCUT2D eigenvalue weighted by Gasteiger charge is -2.16. The van der Waals surface area contributed by atoms with Crippen LogP contribution in [0.25, 0.3) is 0 Å². The molecule has 3 rings (SSSR count). The van der Waals surface area contributed by atoms with E-state index >= 15 is 0 Å². The molecule has 7 nitrogen and oxygen atoms in total.